The minimum absolute atomic E-state index is 0.0951. The third-order valence-corrected chi connectivity index (χ3v) is 2.74. The van der Waals surface area contributed by atoms with E-state index in [4.69, 9.17) is 5.73 Å². The van der Waals surface area contributed by atoms with Crippen LogP contribution in [0.1, 0.15) is 31.7 Å². The average Bonchev–Trinajstić information content (AvgIpc) is 2.35. The van der Waals surface area contributed by atoms with Crippen molar-refractivity contribution in [2.75, 3.05) is 6.54 Å². The number of nitrogens with two attached hydrogens (primary N) is 1. The SMILES string of the molecule is CC(CCN)CCC(=O)NCc1cccnc1. The summed E-state index contributed by atoms with van der Waals surface area (Å²) in [5.74, 6) is 0.613. The Balaban J connectivity index is 2.17. The maximum atomic E-state index is 11.6. The number of nitrogens with one attached hydrogen (secondary N) is 1. The summed E-state index contributed by atoms with van der Waals surface area (Å²) in [7, 11) is 0. The van der Waals surface area contributed by atoms with Crippen molar-refractivity contribution in [1.82, 2.24) is 10.3 Å². The number of carbonyl (C=O) groups excluding carboxylic acids is 1. The molecular weight excluding hydrogens is 214 g/mol. The lowest BCUT2D eigenvalue weighted by molar-refractivity contribution is -0.121. The average molecular weight is 235 g/mol. The first kappa shape index (κ1) is 13.6. The molecule has 1 atom stereocenters. The molecule has 0 radical (unpaired) electrons. The van der Waals surface area contributed by atoms with E-state index in [0.717, 1.165) is 18.4 Å². The van der Waals surface area contributed by atoms with E-state index < -0.39 is 0 Å². The molecule has 0 saturated heterocycles. The number of rotatable bonds is 7. The van der Waals surface area contributed by atoms with Gasteiger partial charge in [-0.1, -0.05) is 13.0 Å². The minimum atomic E-state index is 0.0951. The quantitative estimate of drug-likeness (QED) is 0.752. The zero-order valence-electron chi connectivity index (χ0n) is 10.4. The van der Waals surface area contributed by atoms with Gasteiger partial charge >= 0.3 is 0 Å². The van der Waals surface area contributed by atoms with Crippen molar-refractivity contribution in [1.29, 1.82) is 0 Å². The smallest absolute Gasteiger partial charge is 0.220 e. The lowest BCUT2D eigenvalue weighted by Crippen LogP contribution is -2.23. The van der Waals surface area contributed by atoms with E-state index in [9.17, 15) is 4.79 Å². The van der Waals surface area contributed by atoms with Gasteiger partial charge in [0.25, 0.3) is 0 Å². The van der Waals surface area contributed by atoms with Crippen LogP contribution in [0.2, 0.25) is 0 Å². The molecule has 0 spiro atoms. The molecule has 1 rings (SSSR count). The van der Waals surface area contributed by atoms with Crippen molar-refractivity contribution in [2.45, 2.75) is 32.7 Å². The summed E-state index contributed by atoms with van der Waals surface area (Å²) in [6, 6.07) is 3.81. The zero-order valence-corrected chi connectivity index (χ0v) is 10.4. The first-order valence-electron chi connectivity index (χ1n) is 6.08. The first-order chi connectivity index (χ1) is 8.22. The molecule has 0 aromatic carbocycles. The van der Waals surface area contributed by atoms with Gasteiger partial charge < -0.3 is 11.1 Å². The summed E-state index contributed by atoms with van der Waals surface area (Å²) in [4.78, 5) is 15.6. The van der Waals surface area contributed by atoms with E-state index >= 15 is 0 Å². The van der Waals surface area contributed by atoms with Gasteiger partial charge in [-0.2, -0.15) is 0 Å². The largest absolute Gasteiger partial charge is 0.352 e. The van der Waals surface area contributed by atoms with Crippen LogP contribution in [0.3, 0.4) is 0 Å². The van der Waals surface area contributed by atoms with E-state index in [1.165, 1.54) is 0 Å². The van der Waals surface area contributed by atoms with Crippen molar-refractivity contribution in [3.8, 4) is 0 Å². The molecule has 4 heteroatoms. The van der Waals surface area contributed by atoms with Gasteiger partial charge in [0, 0.05) is 25.4 Å². The number of pyridine rings is 1. The van der Waals surface area contributed by atoms with Crippen LogP contribution < -0.4 is 11.1 Å². The van der Waals surface area contributed by atoms with Gasteiger partial charge in [-0.25, -0.2) is 0 Å². The third-order valence-electron chi connectivity index (χ3n) is 2.74. The van der Waals surface area contributed by atoms with Crippen LogP contribution in [-0.4, -0.2) is 17.4 Å². The summed E-state index contributed by atoms with van der Waals surface area (Å²) < 4.78 is 0. The Morgan fingerprint density at radius 1 is 1.53 bits per heavy atom. The van der Waals surface area contributed by atoms with Crippen molar-refractivity contribution in [3.63, 3.8) is 0 Å². The second-order valence-corrected chi connectivity index (χ2v) is 4.36. The molecule has 3 N–H and O–H groups in total. The fourth-order valence-electron chi connectivity index (χ4n) is 1.60. The van der Waals surface area contributed by atoms with Gasteiger partial charge in [0.05, 0.1) is 0 Å². The predicted octanol–water partition coefficient (Wildman–Crippen LogP) is 1.46. The van der Waals surface area contributed by atoms with Crippen LogP contribution in [0.5, 0.6) is 0 Å². The number of hydrogen-bond donors (Lipinski definition) is 2. The van der Waals surface area contributed by atoms with Crippen LogP contribution in [0.25, 0.3) is 0 Å². The van der Waals surface area contributed by atoms with Crippen LogP contribution in [0.15, 0.2) is 24.5 Å². The fraction of sp³-hybridized carbons (Fsp3) is 0.538. The van der Waals surface area contributed by atoms with Gasteiger partial charge in [-0.05, 0) is 36.9 Å². The van der Waals surface area contributed by atoms with Gasteiger partial charge in [0.1, 0.15) is 0 Å². The summed E-state index contributed by atoms with van der Waals surface area (Å²) in [5.41, 5.74) is 6.49. The van der Waals surface area contributed by atoms with Crippen LogP contribution in [-0.2, 0) is 11.3 Å². The Labute approximate surface area is 103 Å². The second kappa shape index (κ2) is 7.79. The minimum Gasteiger partial charge on any atom is -0.352 e. The highest BCUT2D eigenvalue weighted by molar-refractivity contribution is 5.75. The third kappa shape index (κ3) is 6.02. The van der Waals surface area contributed by atoms with E-state index in [1.807, 2.05) is 12.1 Å². The first-order valence-corrected chi connectivity index (χ1v) is 6.08. The number of aromatic nitrogens is 1. The molecule has 0 aliphatic heterocycles. The van der Waals surface area contributed by atoms with Crippen molar-refractivity contribution in [3.05, 3.63) is 30.1 Å². The Kier molecular flexibility index (Phi) is 6.25. The molecule has 1 unspecified atom stereocenters. The van der Waals surface area contributed by atoms with Gasteiger partial charge in [0.15, 0.2) is 0 Å². The van der Waals surface area contributed by atoms with E-state index in [0.29, 0.717) is 25.4 Å². The fourth-order valence-corrected chi connectivity index (χ4v) is 1.60. The topological polar surface area (TPSA) is 68.0 Å². The molecule has 1 aromatic heterocycles. The second-order valence-electron chi connectivity index (χ2n) is 4.36. The number of hydrogen-bond acceptors (Lipinski definition) is 3. The van der Waals surface area contributed by atoms with Crippen molar-refractivity contribution >= 4 is 5.91 Å². The zero-order chi connectivity index (χ0) is 12.5. The molecule has 0 aliphatic rings. The predicted molar refractivity (Wildman–Crippen MR) is 68.2 cm³/mol. The van der Waals surface area contributed by atoms with Crippen molar-refractivity contribution in [2.24, 2.45) is 11.7 Å². The monoisotopic (exact) mass is 235 g/mol. The van der Waals surface area contributed by atoms with E-state index in [2.05, 4.69) is 17.2 Å². The Hall–Kier alpha value is -1.42. The number of nitrogens with zero attached hydrogens (tertiary/aromatic N) is 1. The highest BCUT2D eigenvalue weighted by atomic mass is 16.1. The molecule has 0 saturated carbocycles. The van der Waals surface area contributed by atoms with Gasteiger partial charge in [-0.3, -0.25) is 9.78 Å². The summed E-state index contributed by atoms with van der Waals surface area (Å²) in [6.45, 7) is 3.37. The normalized spacial score (nSPS) is 12.1. The molecule has 1 aromatic rings. The van der Waals surface area contributed by atoms with Crippen molar-refractivity contribution < 1.29 is 4.79 Å². The number of carbonyl (C=O) groups is 1. The number of amides is 1. The molecule has 1 amide bonds. The molecule has 0 bridgehead atoms. The summed E-state index contributed by atoms with van der Waals surface area (Å²) >= 11 is 0. The Bertz CT molecular complexity index is 327. The van der Waals surface area contributed by atoms with Gasteiger partial charge in [-0.15, -0.1) is 0 Å². The Morgan fingerprint density at radius 3 is 3.00 bits per heavy atom. The molecule has 1 heterocycles. The standard InChI is InChI=1S/C13H21N3O/c1-11(6-7-14)4-5-13(17)16-10-12-3-2-8-15-9-12/h2-3,8-9,11H,4-7,10,14H2,1H3,(H,16,17). The Morgan fingerprint density at radius 2 is 2.35 bits per heavy atom. The molecule has 0 fully saturated rings. The molecule has 4 nitrogen and oxygen atoms in total. The maximum Gasteiger partial charge on any atom is 0.220 e. The molecular formula is C13H21N3O. The summed E-state index contributed by atoms with van der Waals surface area (Å²) in [5, 5.41) is 2.89. The molecule has 17 heavy (non-hydrogen) atoms. The van der Waals surface area contributed by atoms with Gasteiger partial charge in [0.2, 0.25) is 5.91 Å². The summed E-state index contributed by atoms with van der Waals surface area (Å²) in [6.07, 6.45) is 5.94. The highest BCUT2D eigenvalue weighted by Crippen LogP contribution is 2.08. The molecule has 0 aliphatic carbocycles. The van der Waals surface area contributed by atoms with Crippen LogP contribution >= 0.6 is 0 Å². The maximum absolute atomic E-state index is 11.6. The lowest BCUT2D eigenvalue weighted by Gasteiger charge is -2.09. The van der Waals surface area contributed by atoms with E-state index in [1.54, 1.807) is 12.4 Å². The van der Waals surface area contributed by atoms with E-state index in [-0.39, 0.29) is 5.91 Å². The van der Waals surface area contributed by atoms with Crippen LogP contribution in [0, 0.1) is 5.92 Å². The molecule has 94 valence electrons. The van der Waals surface area contributed by atoms with Crippen LogP contribution in [0.4, 0.5) is 0 Å². The lowest BCUT2D eigenvalue weighted by atomic mass is 10.0. The highest BCUT2D eigenvalue weighted by Gasteiger charge is 2.05.